The molecule has 1 unspecified atom stereocenters. The maximum absolute atomic E-state index is 10.7. The summed E-state index contributed by atoms with van der Waals surface area (Å²) in [5.41, 5.74) is 1.11. The molecule has 0 aromatic carbocycles. The number of aliphatic carboxylic acids is 1. The lowest BCUT2D eigenvalue weighted by atomic mass is 10.00. The Morgan fingerprint density at radius 1 is 1.69 bits per heavy atom. The number of aliphatic imine (C=N–C) groups is 1. The minimum atomic E-state index is -0.770. The zero-order valence-corrected chi connectivity index (χ0v) is 8.12. The molecule has 3 nitrogen and oxygen atoms in total. The average Bonchev–Trinajstić information content (AvgIpc) is 2.15. The second kappa shape index (κ2) is 5.00. The van der Waals surface area contributed by atoms with E-state index < -0.39 is 12.0 Å². The van der Waals surface area contributed by atoms with Crippen molar-refractivity contribution in [2.24, 2.45) is 4.99 Å². The first-order chi connectivity index (χ1) is 6.24. The fourth-order valence-corrected chi connectivity index (χ4v) is 1.60. The molecule has 0 saturated carbocycles. The Morgan fingerprint density at radius 2 is 2.46 bits per heavy atom. The van der Waals surface area contributed by atoms with Crippen molar-refractivity contribution >= 4 is 11.7 Å². The number of hydrogen-bond donors (Lipinski definition) is 1. The zero-order valence-electron chi connectivity index (χ0n) is 8.12. The van der Waals surface area contributed by atoms with Crippen LogP contribution in [0.1, 0.15) is 45.4 Å². The molecule has 1 aliphatic rings. The molecule has 0 fully saturated rings. The van der Waals surface area contributed by atoms with Crippen LogP contribution in [0.5, 0.6) is 0 Å². The molecule has 0 radical (unpaired) electrons. The predicted molar refractivity (Wildman–Crippen MR) is 52.2 cm³/mol. The second-order valence-electron chi connectivity index (χ2n) is 3.55. The summed E-state index contributed by atoms with van der Waals surface area (Å²) >= 11 is 0. The number of carbonyl (C=O) groups is 1. The van der Waals surface area contributed by atoms with E-state index in [0.29, 0.717) is 6.42 Å². The highest BCUT2D eigenvalue weighted by molar-refractivity contribution is 5.88. The second-order valence-corrected chi connectivity index (χ2v) is 3.55. The number of rotatable bonds is 4. The van der Waals surface area contributed by atoms with Crippen LogP contribution in [0.15, 0.2) is 4.99 Å². The number of carboxylic acids is 1. The van der Waals surface area contributed by atoms with Gasteiger partial charge in [-0.05, 0) is 32.1 Å². The largest absolute Gasteiger partial charge is 0.480 e. The maximum atomic E-state index is 10.7. The lowest BCUT2D eigenvalue weighted by molar-refractivity contribution is -0.138. The fraction of sp³-hybridized carbons (Fsp3) is 0.800. The maximum Gasteiger partial charge on any atom is 0.328 e. The van der Waals surface area contributed by atoms with Gasteiger partial charge in [0, 0.05) is 5.71 Å². The highest BCUT2D eigenvalue weighted by Crippen LogP contribution is 2.16. The van der Waals surface area contributed by atoms with Gasteiger partial charge in [-0.3, -0.25) is 4.99 Å². The number of unbranched alkanes of at least 4 members (excludes halogenated alkanes) is 1. The van der Waals surface area contributed by atoms with Crippen LogP contribution in [0.25, 0.3) is 0 Å². The molecule has 13 heavy (non-hydrogen) atoms. The Morgan fingerprint density at radius 3 is 3.08 bits per heavy atom. The molecular formula is C10H17NO2. The molecule has 3 heteroatoms. The summed E-state index contributed by atoms with van der Waals surface area (Å²) in [6.45, 7) is 2.14. The van der Waals surface area contributed by atoms with Crippen LogP contribution in [-0.2, 0) is 4.79 Å². The first-order valence-corrected chi connectivity index (χ1v) is 5.02. The topological polar surface area (TPSA) is 49.7 Å². The van der Waals surface area contributed by atoms with E-state index in [9.17, 15) is 4.79 Å². The minimum Gasteiger partial charge on any atom is -0.480 e. The molecule has 0 aromatic heterocycles. The van der Waals surface area contributed by atoms with E-state index >= 15 is 0 Å². The van der Waals surface area contributed by atoms with Crippen molar-refractivity contribution in [2.75, 3.05) is 0 Å². The van der Waals surface area contributed by atoms with E-state index in [0.717, 1.165) is 37.8 Å². The van der Waals surface area contributed by atoms with E-state index in [-0.39, 0.29) is 0 Å². The molecule has 1 aliphatic heterocycles. The van der Waals surface area contributed by atoms with Gasteiger partial charge in [0.2, 0.25) is 0 Å². The zero-order chi connectivity index (χ0) is 9.68. The van der Waals surface area contributed by atoms with Gasteiger partial charge >= 0.3 is 5.97 Å². The van der Waals surface area contributed by atoms with Crippen molar-refractivity contribution in [1.29, 1.82) is 0 Å². The van der Waals surface area contributed by atoms with Crippen molar-refractivity contribution in [3.8, 4) is 0 Å². The third kappa shape index (κ3) is 3.17. The average molecular weight is 183 g/mol. The molecule has 1 atom stereocenters. The third-order valence-corrected chi connectivity index (χ3v) is 2.39. The number of hydrogen-bond acceptors (Lipinski definition) is 2. The summed E-state index contributed by atoms with van der Waals surface area (Å²) in [5.74, 6) is -0.770. The summed E-state index contributed by atoms with van der Waals surface area (Å²) in [5, 5.41) is 8.77. The van der Waals surface area contributed by atoms with Gasteiger partial charge in [-0.25, -0.2) is 4.79 Å². The van der Waals surface area contributed by atoms with Crippen LogP contribution < -0.4 is 0 Å². The summed E-state index contributed by atoms with van der Waals surface area (Å²) < 4.78 is 0. The molecular weight excluding hydrogens is 166 g/mol. The van der Waals surface area contributed by atoms with Crippen LogP contribution in [-0.4, -0.2) is 22.8 Å². The van der Waals surface area contributed by atoms with Gasteiger partial charge < -0.3 is 5.11 Å². The van der Waals surface area contributed by atoms with Crippen LogP contribution in [0, 0.1) is 0 Å². The molecule has 0 spiro atoms. The van der Waals surface area contributed by atoms with E-state index in [1.165, 1.54) is 0 Å². The van der Waals surface area contributed by atoms with Gasteiger partial charge in [0.05, 0.1) is 0 Å². The van der Waals surface area contributed by atoms with Crippen molar-refractivity contribution < 1.29 is 9.90 Å². The summed E-state index contributed by atoms with van der Waals surface area (Å²) in [6, 6.07) is -0.458. The van der Waals surface area contributed by atoms with Crippen LogP contribution in [0.2, 0.25) is 0 Å². The fourth-order valence-electron chi connectivity index (χ4n) is 1.60. The Labute approximate surface area is 78.9 Å². The van der Waals surface area contributed by atoms with Crippen molar-refractivity contribution in [2.45, 2.75) is 51.5 Å². The van der Waals surface area contributed by atoms with E-state index in [4.69, 9.17) is 5.11 Å². The number of nitrogens with zero attached hydrogens (tertiary/aromatic N) is 1. The Balaban J connectivity index is 2.48. The van der Waals surface area contributed by atoms with Gasteiger partial charge in [-0.15, -0.1) is 0 Å². The molecule has 0 amide bonds. The minimum absolute atomic E-state index is 0.458. The molecule has 0 bridgehead atoms. The van der Waals surface area contributed by atoms with Crippen LogP contribution in [0.4, 0.5) is 0 Å². The molecule has 74 valence electrons. The smallest absolute Gasteiger partial charge is 0.328 e. The quantitative estimate of drug-likeness (QED) is 0.726. The highest BCUT2D eigenvalue weighted by Gasteiger charge is 2.20. The molecule has 1 N–H and O–H groups in total. The van der Waals surface area contributed by atoms with Crippen LogP contribution in [0.3, 0.4) is 0 Å². The normalized spacial score (nSPS) is 22.5. The van der Waals surface area contributed by atoms with Crippen LogP contribution >= 0.6 is 0 Å². The van der Waals surface area contributed by atoms with Gasteiger partial charge in [0.1, 0.15) is 6.04 Å². The van der Waals surface area contributed by atoms with Gasteiger partial charge in [0.25, 0.3) is 0 Å². The standard InChI is InChI=1S/C10H17NO2/c1-2-3-5-8-6-4-7-9(11-8)10(12)13/h9H,2-7H2,1H3,(H,12,13). The molecule has 0 aromatic rings. The van der Waals surface area contributed by atoms with Crippen molar-refractivity contribution in [3.63, 3.8) is 0 Å². The van der Waals surface area contributed by atoms with Crippen molar-refractivity contribution in [1.82, 2.24) is 0 Å². The summed E-state index contributed by atoms with van der Waals surface area (Å²) in [6.07, 6.45) is 5.97. The van der Waals surface area contributed by atoms with Gasteiger partial charge in [0.15, 0.2) is 0 Å². The Kier molecular flexibility index (Phi) is 3.93. The first kappa shape index (κ1) is 10.2. The molecule has 0 saturated heterocycles. The third-order valence-electron chi connectivity index (χ3n) is 2.39. The SMILES string of the molecule is CCCCC1=NC(C(=O)O)CCC1. The first-order valence-electron chi connectivity index (χ1n) is 5.02. The lowest BCUT2D eigenvalue weighted by Crippen LogP contribution is -2.23. The van der Waals surface area contributed by atoms with E-state index in [2.05, 4.69) is 11.9 Å². The van der Waals surface area contributed by atoms with Gasteiger partial charge in [-0.1, -0.05) is 13.3 Å². The summed E-state index contributed by atoms with van der Waals surface area (Å²) in [4.78, 5) is 14.9. The Bertz CT molecular complexity index is 211. The Hall–Kier alpha value is -0.860. The monoisotopic (exact) mass is 183 g/mol. The number of carboxylic acid groups (broad SMARTS) is 1. The lowest BCUT2D eigenvalue weighted by Gasteiger charge is -2.16. The van der Waals surface area contributed by atoms with Gasteiger partial charge in [-0.2, -0.15) is 0 Å². The van der Waals surface area contributed by atoms with E-state index in [1.54, 1.807) is 0 Å². The summed E-state index contributed by atoms with van der Waals surface area (Å²) in [7, 11) is 0. The van der Waals surface area contributed by atoms with Crippen molar-refractivity contribution in [3.05, 3.63) is 0 Å². The highest BCUT2D eigenvalue weighted by atomic mass is 16.4. The molecule has 1 rings (SSSR count). The molecule has 1 heterocycles. The molecule has 0 aliphatic carbocycles. The van der Waals surface area contributed by atoms with E-state index in [1.807, 2.05) is 0 Å². The predicted octanol–water partition coefficient (Wildman–Crippen LogP) is 2.25.